The number of carbonyl (C=O) groups is 2. The molecule has 180 valence electrons. The SMILES string of the molecule is CN=C(NCCCc1nnc2n1CCCCC2)NCCN1C(=O)C2C3C=CC(C3)C2C1=O.I. The van der Waals surface area contributed by atoms with Gasteiger partial charge >= 0.3 is 0 Å². The van der Waals surface area contributed by atoms with Crippen molar-refractivity contribution < 1.29 is 9.59 Å². The summed E-state index contributed by atoms with van der Waals surface area (Å²) in [6.07, 6.45) is 11.7. The Labute approximate surface area is 211 Å². The Hall–Kier alpha value is -1.98. The number of aryl methyl sites for hydroxylation is 2. The molecular formula is C23H34IN7O2. The van der Waals surface area contributed by atoms with Gasteiger partial charge in [0.25, 0.3) is 0 Å². The highest BCUT2D eigenvalue weighted by Gasteiger charge is 2.58. The van der Waals surface area contributed by atoms with E-state index in [1.54, 1.807) is 7.05 Å². The quantitative estimate of drug-likeness (QED) is 0.129. The van der Waals surface area contributed by atoms with Crippen LogP contribution in [0.25, 0.3) is 0 Å². The Bertz CT molecular complexity index is 913. The highest BCUT2D eigenvalue weighted by atomic mass is 127. The van der Waals surface area contributed by atoms with Gasteiger partial charge in [0.05, 0.1) is 11.8 Å². The van der Waals surface area contributed by atoms with Gasteiger partial charge in [-0.05, 0) is 37.5 Å². The molecule has 1 aromatic heterocycles. The van der Waals surface area contributed by atoms with Crippen LogP contribution >= 0.6 is 24.0 Å². The fourth-order valence-electron chi connectivity index (χ4n) is 5.87. The van der Waals surface area contributed by atoms with Gasteiger partial charge in [0.15, 0.2) is 5.96 Å². The maximum absolute atomic E-state index is 12.8. The monoisotopic (exact) mass is 567 g/mol. The van der Waals surface area contributed by atoms with Crippen LogP contribution in [0, 0.1) is 23.7 Å². The molecule has 3 heterocycles. The first-order valence-electron chi connectivity index (χ1n) is 12.1. The van der Waals surface area contributed by atoms with Crippen molar-refractivity contribution in [3.05, 3.63) is 23.8 Å². The van der Waals surface area contributed by atoms with Gasteiger partial charge in [-0.15, -0.1) is 34.2 Å². The number of hydrogen-bond donors (Lipinski definition) is 2. The van der Waals surface area contributed by atoms with E-state index in [4.69, 9.17) is 0 Å². The van der Waals surface area contributed by atoms with E-state index in [-0.39, 0.29) is 59.5 Å². The highest BCUT2D eigenvalue weighted by Crippen LogP contribution is 2.52. The Morgan fingerprint density at radius 1 is 1.06 bits per heavy atom. The number of amides is 2. The molecule has 1 saturated carbocycles. The third kappa shape index (κ3) is 4.67. The van der Waals surface area contributed by atoms with Crippen LogP contribution in [0.3, 0.4) is 0 Å². The molecule has 4 unspecified atom stereocenters. The summed E-state index contributed by atoms with van der Waals surface area (Å²) in [5.41, 5.74) is 0. The summed E-state index contributed by atoms with van der Waals surface area (Å²) in [4.78, 5) is 31.2. The topological polar surface area (TPSA) is 105 Å². The second-order valence-electron chi connectivity index (χ2n) is 9.35. The molecule has 10 heteroatoms. The van der Waals surface area contributed by atoms with Crippen molar-refractivity contribution in [3.8, 4) is 0 Å². The summed E-state index contributed by atoms with van der Waals surface area (Å²) in [5.74, 6) is 3.18. The van der Waals surface area contributed by atoms with Crippen LogP contribution in [0.2, 0.25) is 0 Å². The fraction of sp³-hybridized carbons (Fsp3) is 0.696. The van der Waals surface area contributed by atoms with E-state index in [9.17, 15) is 9.59 Å². The second kappa shape index (κ2) is 10.5. The molecule has 2 amide bonds. The average molecular weight is 567 g/mol. The Morgan fingerprint density at radius 3 is 2.52 bits per heavy atom. The summed E-state index contributed by atoms with van der Waals surface area (Å²) >= 11 is 0. The predicted octanol–water partition coefficient (Wildman–Crippen LogP) is 1.53. The van der Waals surface area contributed by atoms with Gasteiger partial charge in [0, 0.05) is 46.1 Å². The summed E-state index contributed by atoms with van der Waals surface area (Å²) in [5, 5.41) is 15.3. The van der Waals surface area contributed by atoms with Crippen molar-refractivity contribution in [2.24, 2.45) is 28.7 Å². The van der Waals surface area contributed by atoms with Gasteiger partial charge in [-0.25, -0.2) is 0 Å². The molecule has 4 atom stereocenters. The van der Waals surface area contributed by atoms with E-state index in [2.05, 4.69) is 42.5 Å². The minimum atomic E-state index is -0.123. The number of guanidine groups is 1. The molecule has 0 aromatic carbocycles. The highest BCUT2D eigenvalue weighted by molar-refractivity contribution is 14.0. The van der Waals surface area contributed by atoms with Gasteiger partial charge < -0.3 is 15.2 Å². The number of nitrogens with one attached hydrogen (secondary N) is 2. The van der Waals surface area contributed by atoms with Crippen LogP contribution in [0.1, 0.15) is 43.8 Å². The van der Waals surface area contributed by atoms with Crippen molar-refractivity contribution in [2.75, 3.05) is 26.7 Å². The maximum Gasteiger partial charge on any atom is 0.233 e. The molecular weight excluding hydrogens is 533 g/mol. The number of imide groups is 1. The fourth-order valence-corrected chi connectivity index (χ4v) is 5.87. The minimum Gasteiger partial charge on any atom is -0.356 e. The zero-order valence-electron chi connectivity index (χ0n) is 19.2. The van der Waals surface area contributed by atoms with Crippen LogP contribution in [-0.4, -0.2) is 64.1 Å². The van der Waals surface area contributed by atoms with Crippen molar-refractivity contribution in [1.82, 2.24) is 30.3 Å². The summed E-state index contributed by atoms with van der Waals surface area (Å²) in [6.45, 7) is 2.68. The first-order valence-corrected chi connectivity index (χ1v) is 12.1. The number of fused-ring (bicyclic) bond motifs is 6. The standard InChI is InChI=1S/C23H33N7O2.HI/c1-24-23(25-10-5-7-18-28-27-17-6-3-2-4-12-29(17)18)26-11-13-30-21(31)19-15-8-9-16(14-15)20(19)22(30)32;/h8-9,15-16,19-20H,2-7,10-14H2,1H3,(H2,24,25,26);1H. The van der Waals surface area contributed by atoms with E-state index in [1.165, 1.54) is 24.2 Å². The summed E-state index contributed by atoms with van der Waals surface area (Å²) in [6, 6.07) is 0. The molecule has 9 nitrogen and oxygen atoms in total. The van der Waals surface area contributed by atoms with Crippen LogP contribution in [-0.2, 0) is 29.0 Å². The molecule has 5 rings (SSSR count). The molecule has 2 bridgehead atoms. The lowest BCUT2D eigenvalue weighted by molar-refractivity contribution is -0.140. The molecule has 0 radical (unpaired) electrons. The number of likely N-dealkylation sites (tertiary alicyclic amines) is 1. The van der Waals surface area contributed by atoms with Crippen LogP contribution in [0.15, 0.2) is 17.1 Å². The summed E-state index contributed by atoms with van der Waals surface area (Å²) < 4.78 is 2.29. The Kier molecular flexibility index (Phi) is 7.70. The molecule has 2 N–H and O–H groups in total. The zero-order chi connectivity index (χ0) is 22.1. The normalized spacial score (nSPS) is 27.9. The third-order valence-electron chi connectivity index (χ3n) is 7.47. The molecule has 2 aliphatic carbocycles. The van der Waals surface area contributed by atoms with Crippen molar-refractivity contribution in [2.45, 2.75) is 51.5 Å². The Morgan fingerprint density at radius 2 is 1.79 bits per heavy atom. The number of halogens is 1. The van der Waals surface area contributed by atoms with Crippen LogP contribution in [0.4, 0.5) is 0 Å². The van der Waals surface area contributed by atoms with Gasteiger partial charge in [0.1, 0.15) is 11.6 Å². The minimum absolute atomic E-state index is 0. The predicted molar refractivity (Wildman–Crippen MR) is 135 cm³/mol. The number of nitrogens with zero attached hydrogens (tertiary/aromatic N) is 5. The summed E-state index contributed by atoms with van der Waals surface area (Å²) in [7, 11) is 1.73. The smallest absolute Gasteiger partial charge is 0.233 e. The first-order chi connectivity index (χ1) is 15.7. The number of hydrogen-bond acceptors (Lipinski definition) is 5. The number of allylic oxidation sites excluding steroid dienone is 2. The van der Waals surface area contributed by atoms with Gasteiger partial charge in [0.2, 0.25) is 11.8 Å². The average Bonchev–Trinajstić information content (AvgIpc) is 3.52. The second-order valence-corrected chi connectivity index (χ2v) is 9.35. The van der Waals surface area contributed by atoms with E-state index in [0.29, 0.717) is 19.0 Å². The molecule has 2 fully saturated rings. The largest absolute Gasteiger partial charge is 0.356 e. The van der Waals surface area contributed by atoms with Crippen molar-refractivity contribution >= 4 is 41.8 Å². The van der Waals surface area contributed by atoms with E-state index >= 15 is 0 Å². The lowest BCUT2D eigenvalue weighted by Crippen LogP contribution is -2.44. The third-order valence-corrected chi connectivity index (χ3v) is 7.47. The molecule has 33 heavy (non-hydrogen) atoms. The van der Waals surface area contributed by atoms with Crippen LogP contribution in [0.5, 0.6) is 0 Å². The number of aromatic nitrogens is 3. The number of rotatable bonds is 7. The van der Waals surface area contributed by atoms with Crippen molar-refractivity contribution in [3.63, 3.8) is 0 Å². The van der Waals surface area contributed by atoms with E-state index < -0.39 is 0 Å². The van der Waals surface area contributed by atoms with Gasteiger partial charge in [-0.1, -0.05) is 18.6 Å². The number of carbonyl (C=O) groups excluding carboxylic acids is 2. The molecule has 4 aliphatic rings. The first kappa shape index (κ1) is 24.2. The van der Waals surface area contributed by atoms with Crippen molar-refractivity contribution in [1.29, 1.82) is 0 Å². The molecule has 1 aromatic rings. The maximum atomic E-state index is 12.8. The van der Waals surface area contributed by atoms with Gasteiger partial charge in [-0.2, -0.15) is 0 Å². The molecule has 0 spiro atoms. The molecule has 1 saturated heterocycles. The zero-order valence-corrected chi connectivity index (χ0v) is 21.5. The lowest BCUT2D eigenvalue weighted by atomic mass is 9.85. The molecule has 2 aliphatic heterocycles. The van der Waals surface area contributed by atoms with Gasteiger partial charge in [-0.3, -0.25) is 19.5 Å². The number of aliphatic imine (C=N–C) groups is 1. The Balaban J connectivity index is 0.00000259. The van der Waals surface area contributed by atoms with E-state index in [0.717, 1.165) is 50.4 Å². The van der Waals surface area contributed by atoms with Crippen LogP contribution < -0.4 is 10.6 Å². The lowest BCUT2D eigenvalue weighted by Gasteiger charge is -2.18. The van der Waals surface area contributed by atoms with E-state index in [1.807, 2.05) is 0 Å².